The third kappa shape index (κ3) is 2.32. The molecule has 0 aliphatic carbocycles. The maximum absolute atomic E-state index is 12.9. The van der Waals surface area contributed by atoms with Gasteiger partial charge >= 0.3 is 0 Å². The summed E-state index contributed by atoms with van der Waals surface area (Å²) in [5.74, 6) is 0.939. The number of benzene rings is 1. The summed E-state index contributed by atoms with van der Waals surface area (Å²) >= 11 is 1.74. The molecule has 22 heavy (non-hydrogen) atoms. The zero-order valence-corrected chi connectivity index (χ0v) is 13.6. The van der Waals surface area contributed by atoms with E-state index < -0.39 is 0 Å². The van der Waals surface area contributed by atoms with Crippen LogP contribution in [-0.4, -0.2) is 35.4 Å². The molecule has 1 N–H and O–H groups in total. The van der Waals surface area contributed by atoms with E-state index in [2.05, 4.69) is 29.3 Å². The van der Waals surface area contributed by atoms with Crippen LogP contribution in [0.5, 0.6) is 0 Å². The van der Waals surface area contributed by atoms with Crippen LogP contribution in [-0.2, 0) is 4.79 Å². The van der Waals surface area contributed by atoms with Crippen molar-refractivity contribution in [3.63, 3.8) is 0 Å². The van der Waals surface area contributed by atoms with Gasteiger partial charge in [-0.3, -0.25) is 4.79 Å². The summed E-state index contributed by atoms with van der Waals surface area (Å²) < 4.78 is 1.22. The molecule has 4 nitrogen and oxygen atoms in total. The Morgan fingerprint density at radius 3 is 2.95 bits per heavy atom. The Balaban J connectivity index is 1.58. The van der Waals surface area contributed by atoms with E-state index >= 15 is 0 Å². The number of hydrogen-bond acceptors (Lipinski definition) is 4. The smallest absolute Gasteiger partial charge is 0.226 e. The second kappa shape index (κ2) is 5.63. The van der Waals surface area contributed by atoms with E-state index in [-0.39, 0.29) is 12.0 Å². The molecule has 3 heterocycles. The number of para-hydroxylation sites is 1. The number of carbonyl (C=O) groups excluding carboxylic acids is 1. The number of amides is 1. The van der Waals surface area contributed by atoms with Gasteiger partial charge in [-0.15, -0.1) is 11.3 Å². The van der Waals surface area contributed by atoms with Crippen LogP contribution in [0.4, 0.5) is 0 Å². The molecule has 2 atom stereocenters. The number of likely N-dealkylation sites (tertiary alicyclic amines) is 1. The zero-order chi connectivity index (χ0) is 15.1. The summed E-state index contributed by atoms with van der Waals surface area (Å²) in [6.45, 7) is 4.92. The van der Waals surface area contributed by atoms with Crippen molar-refractivity contribution in [3.05, 3.63) is 29.3 Å². The van der Waals surface area contributed by atoms with Crippen LogP contribution in [0.15, 0.2) is 24.3 Å². The van der Waals surface area contributed by atoms with Crippen LogP contribution < -0.4 is 5.32 Å². The molecule has 1 amide bonds. The molecular weight excluding hydrogens is 294 g/mol. The van der Waals surface area contributed by atoms with E-state index in [1.807, 2.05) is 12.1 Å². The molecule has 1 aromatic carbocycles. The SMILES string of the molecule is CC(C(=O)N1CCCC1c1nc2ccccc2s1)C1CNC1. The molecule has 0 bridgehead atoms. The lowest BCUT2D eigenvalue weighted by molar-refractivity contribution is -0.138. The molecule has 2 fully saturated rings. The van der Waals surface area contributed by atoms with Gasteiger partial charge in [-0.2, -0.15) is 0 Å². The van der Waals surface area contributed by atoms with Crippen molar-refractivity contribution in [2.45, 2.75) is 25.8 Å². The molecule has 0 saturated carbocycles. The first-order valence-electron chi connectivity index (χ1n) is 8.10. The van der Waals surface area contributed by atoms with Gasteiger partial charge in [0, 0.05) is 12.5 Å². The van der Waals surface area contributed by atoms with Crippen molar-refractivity contribution in [1.29, 1.82) is 0 Å². The fourth-order valence-electron chi connectivity index (χ4n) is 3.45. The van der Waals surface area contributed by atoms with E-state index in [4.69, 9.17) is 4.98 Å². The number of nitrogens with one attached hydrogen (secondary N) is 1. The summed E-state index contributed by atoms with van der Waals surface area (Å²) in [6.07, 6.45) is 2.13. The maximum atomic E-state index is 12.9. The highest BCUT2D eigenvalue weighted by atomic mass is 32.1. The minimum atomic E-state index is 0.122. The fraction of sp³-hybridized carbons (Fsp3) is 0.529. The molecule has 5 heteroatoms. The number of thiazole rings is 1. The highest BCUT2D eigenvalue weighted by Crippen LogP contribution is 2.37. The molecule has 116 valence electrons. The molecule has 2 aliphatic heterocycles. The molecule has 0 radical (unpaired) electrons. The lowest BCUT2D eigenvalue weighted by Crippen LogP contribution is -2.50. The maximum Gasteiger partial charge on any atom is 0.226 e. The zero-order valence-electron chi connectivity index (χ0n) is 12.8. The van der Waals surface area contributed by atoms with Crippen molar-refractivity contribution in [2.75, 3.05) is 19.6 Å². The Morgan fingerprint density at radius 1 is 1.41 bits per heavy atom. The summed E-state index contributed by atoms with van der Waals surface area (Å²) in [5, 5.41) is 4.37. The van der Waals surface area contributed by atoms with Crippen molar-refractivity contribution in [3.8, 4) is 0 Å². The number of fused-ring (bicyclic) bond motifs is 1. The van der Waals surface area contributed by atoms with Crippen LogP contribution in [0.25, 0.3) is 10.2 Å². The van der Waals surface area contributed by atoms with Gasteiger partial charge in [0.15, 0.2) is 0 Å². The Hall–Kier alpha value is -1.46. The monoisotopic (exact) mass is 315 g/mol. The van der Waals surface area contributed by atoms with Crippen molar-refractivity contribution in [2.24, 2.45) is 11.8 Å². The Bertz CT molecular complexity index is 661. The summed E-state index contributed by atoms with van der Waals surface area (Å²) in [7, 11) is 0. The Morgan fingerprint density at radius 2 is 2.23 bits per heavy atom. The van der Waals surface area contributed by atoms with E-state index in [9.17, 15) is 4.79 Å². The normalized spacial score (nSPS) is 23.7. The number of rotatable bonds is 3. The van der Waals surface area contributed by atoms with Crippen LogP contribution in [0.1, 0.15) is 30.8 Å². The van der Waals surface area contributed by atoms with Crippen LogP contribution >= 0.6 is 11.3 Å². The van der Waals surface area contributed by atoms with Crippen LogP contribution in [0.2, 0.25) is 0 Å². The van der Waals surface area contributed by atoms with Gasteiger partial charge in [0.2, 0.25) is 5.91 Å². The van der Waals surface area contributed by atoms with E-state index in [1.54, 1.807) is 11.3 Å². The number of nitrogens with zero attached hydrogens (tertiary/aromatic N) is 2. The van der Waals surface area contributed by atoms with Crippen molar-refractivity contribution < 1.29 is 4.79 Å². The quantitative estimate of drug-likeness (QED) is 0.947. The number of carbonyl (C=O) groups is 1. The van der Waals surface area contributed by atoms with E-state index in [1.165, 1.54) is 4.70 Å². The minimum Gasteiger partial charge on any atom is -0.333 e. The summed E-state index contributed by atoms with van der Waals surface area (Å²) in [4.78, 5) is 19.7. The molecule has 2 saturated heterocycles. The summed E-state index contributed by atoms with van der Waals surface area (Å²) in [6, 6.07) is 8.42. The molecule has 1 aromatic heterocycles. The second-order valence-electron chi connectivity index (χ2n) is 6.42. The highest BCUT2D eigenvalue weighted by Gasteiger charge is 2.38. The van der Waals surface area contributed by atoms with Crippen molar-refractivity contribution in [1.82, 2.24) is 15.2 Å². The first-order chi connectivity index (χ1) is 10.7. The second-order valence-corrected chi connectivity index (χ2v) is 7.48. The van der Waals surface area contributed by atoms with Gasteiger partial charge in [0.1, 0.15) is 5.01 Å². The van der Waals surface area contributed by atoms with Gasteiger partial charge in [0.05, 0.1) is 16.3 Å². The first-order valence-corrected chi connectivity index (χ1v) is 8.92. The molecule has 4 rings (SSSR count). The topological polar surface area (TPSA) is 45.2 Å². The number of hydrogen-bond donors (Lipinski definition) is 1. The van der Waals surface area contributed by atoms with Crippen LogP contribution in [0.3, 0.4) is 0 Å². The third-order valence-electron chi connectivity index (χ3n) is 5.04. The van der Waals surface area contributed by atoms with Gasteiger partial charge in [-0.05, 0) is 44.0 Å². The molecule has 2 unspecified atom stereocenters. The third-order valence-corrected chi connectivity index (χ3v) is 6.18. The predicted molar refractivity (Wildman–Crippen MR) is 88.8 cm³/mol. The molecule has 0 spiro atoms. The molecular formula is C17H21N3OS. The molecule has 2 aromatic rings. The lowest BCUT2D eigenvalue weighted by atomic mass is 9.88. The number of aromatic nitrogens is 1. The highest BCUT2D eigenvalue weighted by molar-refractivity contribution is 7.18. The Kier molecular flexibility index (Phi) is 3.62. The van der Waals surface area contributed by atoms with Gasteiger partial charge < -0.3 is 10.2 Å². The largest absolute Gasteiger partial charge is 0.333 e. The van der Waals surface area contributed by atoms with E-state index in [0.717, 1.165) is 43.0 Å². The lowest BCUT2D eigenvalue weighted by Gasteiger charge is -2.35. The van der Waals surface area contributed by atoms with Gasteiger partial charge in [0.25, 0.3) is 0 Å². The predicted octanol–water partition coefficient (Wildman–Crippen LogP) is 2.82. The fourth-order valence-corrected chi connectivity index (χ4v) is 4.56. The minimum absolute atomic E-state index is 0.122. The van der Waals surface area contributed by atoms with Crippen molar-refractivity contribution >= 4 is 27.5 Å². The average molecular weight is 315 g/mol. The van der Waals surface area contributed by atoms with Crippen LogP contribution in [0, 0.1) is 11.8 Å². The summed E-state index contributed by atoms with van der Waals surface area (Å²) in [5.41, 5.74) is 1.05. The Labute approximate surface area is 134 Å². The average Bonchev–Trinajstić information content (AvgIpc) is 3.10. The van der Waals surface area contributed by atoms with Gasteiger partial charge in [-0.25, -0.2) is 4.98 Å². The standard InChI is InChI=1S/C17H21N3OS/c1-11(12-9-18-10-12)17(21)20-8-4-6-14(20)16-19-13-5-2-3-7-15(13)22-16/h2-3,5,7,11-12,14,18H,4,6,8-10H2,1H3. The molecule has 2 aliphatic rings. The first kappa shape index (κ1) is 14.2. The van der Waals surface area contributed by atoms with E-state index in [0.29, 0.717) is 11.8 Å². The van der Waals surface area contributed by atoms with Gasteiger partial charge in [-0.1, -0.05) is 19.1 Å².